The number of carbonyl (C=O) groups excluding carboxylic acids is 1. The average Bonchev–Trinajstić information content (AvgIpc) is 2.92. The number of halogens is 3. The first-order valence-electron chi connectivity index (χ1n) is 7.13. The standard InChI is InChI=1S/C16H12F3NO4S/c1-24-8-4-2-7(3-5-8)11-12-13(25-14(11)15(22)23)9(16(17,18)19)6-10(21)20-12/h2-5,9H,6H2,1H3,(H,20,21)(H,22,23). The van der Waals surface area contributed by atoms with E-state index in [1.807, 2.05) is 0 Å². The Bertz CT molecular complexity index is 842. The second-order valence-corrected chi connectivity index (χ2v) is 6.48. The molecule has 0 bridgehead atoms. The van der Waals surface area contributed by atoms with Gasteiger partial charge in [-0.3, -0.25) is 4.79 Å². The van der Waals surface area contributed by atoms with E-state index in [0.29, 0.717) is 22.6 Å². The minimum atomic E-state index is -4.63. The molecule has 3 rings (SSSR count). The van der Waals surface area contributed by atoms with Crippen molar-refractivity contribution in [1.82, 2.24) is 0 Å². The summed E-state index contributed by atoms with van der Waals surface area (Å²) in [6, 6.07) is 6.21. The molecule has 2 aromatic rings. The van der Waals surface area contributed by atoms with Gasteiger partial charge in [0.1, 0.15) is 16.5 Å². The predicted octanol–water partition coefficient (Wildman–Crippen LogP) is 4.11. The Labute approximate surface area is 144 Å². The van der Waals surface area contributed by atoms with Crippen molar-refractivity contribution in [3.8, 4) is 16.9 Å². The van der Waals surface area contributed by atoms with Crippen molar-refractivity contribution in [3.05, 3.63) is 34.0 Å². The number of hydrogen-bond acceptors (Lipinski definition) is 4. The first-order chi connectivity index (χ1) is 11.7. The van der Waals surface area contributed by atoms with Crippen LogP contribution in [0, 0.1) is 0 Å². The molecule has 0 fully saturated rings. The number of anilines is 1. The zero-order chi connectivity index (χ0) is 18.4. The van der Waals surface area contributed by atoms with E-state index in [-0.39, 0.29) is 21.0 Å². The van der Waals surface area contributed by atoms with Crippen LogP contribution in [0.5, 0.6) is 5.75 Å². The Morgan fingerprint density at radius 2 is 1.96 bits per heavy atom. The lowest BCUT2D eigenvalue weighted by atomic mass is 9.93. The Morgan fingerprint density at radius 3 is 2.48 bits per heavy atom. The third-order valence-electron chi connectivity index (χ3n) is 3.87. The molecule has 5 nitrogen and oxygen atoms in total. The average molecular weight is 371 g/mol. The van der Waals surface area contributed by atoms with Gasteiger partial charge in [0, 0.05) is 16.9 Å². The van der Waals surface area contributed by atoms with E-state index >= 15 is 0 Å². The van der Waals surface area contributed by atoms with Gasteiger partial charge in [-0.05, 0) is 17.7 Å². The fourth-order valence-corrected chi connectivity index (χ4v) is 3.98. The molecule has 25 heavy (non-hydrogen) atoms. The highest BCUT2D eigenvalue weighted by Crippen LogP contribution is 2.52. The lowest BCUT2D eigenvalue weighted by molar-refractivity contribution is -0.156. The van der Waals surface area contributed by atoms with E-state index in [4.69, 9.17) is 4.74 Å². The molecule has 0 spiro atoms. The number of fused-ring (bicyclic) bond motifs is 1. The first kappa shape index (κ1) is 17.3. The summed E-state index contributed by atoms with van der Waals surface area (Å²) in [5.74, 6) is -3.63. The van der Waals surface area contributed by atoms with E-state index < -0.39 is 30.4 Å². The van der Waals surface area contributed by atoms with Crippen molar-refractivity contribution in [2.75, 3.05) is 12.4 Å². The zero-order valence-electron chi connectivity index (χ0n) is 12.8. The molecule has 0 aliphatic carbocycles. The van der Waals surface area contributed by atoms with Gasteiger partial charge in [-0.15, -0.1) is 11.3 Å². The van der Waals surface area contributed by atoms with Gasteiger partial charge in [-0.1, -0.05) is 12.1 Å². The maximum absolute atomic E-state index is 13.3. The molecule has 2 N–H and O–H groups in total. The van der Waals surface area contributed by atoms with Crippen LogP contribution in [0.15, 0.2) is 24.3 Å². The minimum Gasteiger partial charge on any atom is -0.497 e. The number of aromatic carboxylic acids is 1. The number of benzene rings is 1. The number of thiophene rings is 1. The zero-order valence-corrected chi connectivity index (χ0v) is 13.6. The van der Waals surface area contributed by atoms with Gasteiger partial charge in [-0.25, -0.2) is 4.79 Å². The Hall–Kier alpha value is -2.55. The van der Waals surface area contributed by atoms with Gasteiger partial charge >= 0.3 is 12.1 Å². The van der Waals surface area contributed by atoms with Crippen LogP contribution >= 0.6 is 11.3 Å². The monoisotopic (exact) mass is 371 g/mol. The summed E-state index contributed by atoms with van der Waals surface area (Å²) < 4.78 is 44.9. The lowest BCUT2D eigenvalue weighted by Crippen LogP contribution is -2.30. The van der Waals surface area contributed by atoms with E-state index in [0.717, 1.165) is 0 Å². The number of nitrogens with one attached hydrogen (secondary N) is 1. The van der Waals surface area contributed by atoms with Gasteiger partial charge in [0.25, 0.3) is 0 Å². The molecule has 0 saturated carbocycles. The lowest BCUT2D eigenvalue weighted by Gasteiger charge is -2.25. The van der Waals surface area contributed by atoms with Crippen LogP contribution in [0.3, 0.4) is 0 Å². The number of carbonyl (C=O) groups is 2. The Balaban J connectivity index is 2.23. The molecule has 0 radical (unpaired) electrons. The molecule has 1 aromatic carbocycles. The van der Waals surface area contributed by atoms with Crippen molar-refractivity contribution < 1.29 is 32.6 Å². The molecule has 0 saturated heterocycles. The largest absolute Gasteiger partial charge is 0.497 e. The summed E-state index contributed by atoms with van der Waals surface area (Å²) in [5.41, 5.74) is 0.391. The van der Waals surface area contributed by atoms with Gasteiger partial charge in [0.05, 0.1) is 12.8 Å². The number of alkyl halides is 3. The maximum Gasteiger partial charge on any atom is 0.397 e. The van der Waals surface area contributed by atoms with Crippen LogP contribution in [-0.4, -0.2) is 30.3 Å². The molecule has 1 aliphatic heterocycles. The topological polar surface area (TPSA) is 75.6 Å². The summed E-state index contributed by atoms with van der Waals surface area (Å²) in [7, 11) is 1.46. The predicted molar refractivity (Wildman–Crippen MR) is 85.3 cm³/mol. The summed E-state index contributed by atoms with van der Waals surface area (Å²) in [6.07, 6.45) is -5.39. The van der Waals surface area contributed by atoms with E-state index in [1.54, 1.807) is 12.1 Å². The van der Waals surface area contributed by atoms with Crippen LogP contribution in [0.2, 0.25) is 0 Å². The van der Waals surface area contributed by atoms with Crippen LogP contribution in [0.1, 0.15) is 26.9 Å². The normalized spacial score (nSPS) is 17.0. The van der Waals surface area contributed by atoms with Crippen LogP contribution in [0.25, 0.3) is 11.1 Å². The van der Waals surface area contributed by atoms with E-state index in [9.17, 15) is 27.9 Å². The van der Waals surface area contributed by atoms with Gasteiger partial charge in [0.15, 0.2) is 0 Å². The molecule has 1 unspecified atom stereocenters. The molecule has 9 heteroatoms. The molecule has 1 aliphatic rings. The summed E-state index contributed by atoms with van der Waals surface area (Å²) in [4.78, 5) is 22.9. The SMILES string of the molecule is COc1ccc(-c2c(C(=O)O)sc3c2NC(=O)CC3C(F)(F)F)cc1. The van der Waals surface area contributed by atoms with E-state index in [2.05, 4.69) is 5.32 Å². The summed E-state index contributed by atoms with van der Waals surface area (Å²) in [5, 5.41) is 11.8. The molecule has 2 heterocycles. The number of methoxy groups -OCH3 is 1. The van der Waals surface area contributed by atoms with Crippen LogP contribution < -0.4 is 10.1 Å². The van der Waals surface area contributed by atoms with Crippen molar-refractivity contribution in [1.29, 1.82) is 0 Å². The first-order valence-corrected chi connectivity index (χ1v) is 7.95. The van der Waals surface area contributed by atoms with Crippen LogP contribution in [-0.2, 0) is 4.79 Å². The number of ether oxygens (including phenoxy) is 1. The highest BCUT2D eigenvalue weighted by molar-refractivity contribution is 7.15. The van der Waals surface area contributed by atoms with Crippen molar-refractivity contribution in [2.24, 2.45) is 0 Å². The maximum atomic E-state index is 13.3. The quantitative estimate of drug-likeness (QED) is 0.851. The third kappa shape index (κ3) is 3.07. The van der Waals surface area contributed by atoms with Crippen molar-refractivity contribution in [3.63, 3.8) is 0 Å². The fraction of sp³-hybridized carbons (Fsp3) is 0.250. The summed E-state index contributed by atoms with van der Waals surface area (Å²) >= 11 is 0.546. The second-order valence-electron chi connectivity index (χ2n) is 5.43. The van der Waals surface area contributed by atoms with E-state index in [1.165, 1.54) is 19.2 Å². The molecule has 1 aromatic heterocycles. The smallest absolute Gasteiger partial charge is 0.397 e. The number of hydrogen-bond donors (Lipinski definition) is 2. The number of carboxylic acids is 1. The molecular weight excluding hydrogens is 359 g/mol. The van der Waals surface area contributed by atoms with Gasteiger partial charge in [-0.2, -0.15) is 13.2 Å². The molecule has 1 atom stereocenters. The second kappa shape index (κ2) is 6.07. The summed E-state index contributed by atoms with van der Waals surface area (Å²) in [6.45, 7) is 0. The number of carboxylic acid groups (broad SMARTS) is 1. The Morgan fingerprint density at radius 1 is 1.32 bits per heavy atom. The van der Waals surface area contributed by atoms with Crippen LogP contribution in [0.4, 0.5) is 18.9 Å². The number of rotatable bonds is 3. The fourth-order valence-electron chi connectivity index (χ4n) is 2.73. The van der Waals surface area contributed by atoms with Gasteiger partial charge < -0.3 is 15.2 Å². The molecule has 132 valence electrons. The van der Waals surface area contributed by atoms with Gasteiger partial charge in [0.2, 0.25) is 5.91 Å². The molecule has 1 amide bonds. The highest BCUT2D eigenvalue weighted by atomic mass is 32.1. The Kier molecular flexibility index (Phi) is 4.19. The third-order valence-corrected chi connectivity index (χ3v) is 5.17. The minimum absolute atomic E-state index is 0.0776. The molecular formula is C16H12F3NO4S. The van der Waals surface area contributed by atoms with Crippen molar-refractivity contribution in [2.45, 2.75) is 18.5 Å². The van der Waals surface area contributed by atoms with Crippen molar-refractivity contribution >= 4 is 28.9 Å². The highest BCUT2D eigenvalue weighted by Gasteiger charge is 2.47. The number of amides is 1.